The minimum absolute atomic E-state index is 0.187. The van der Waals surface area contributed by atoms with E-state index < -0.39 is 11.7 Å². The van der Waals surface area contributed by atoms with Crippen molar-refractivity contribution in [1.82, 2.24) is 14.7 Å². The number of Topliss-reactive ketones (excluding diaryl/α,β-unsaturated/α-hetero) is 1. The first-order valence-corrected chi connectivity index (χ1v) is 9.14. The zero-order valence-electron chi connectivity index (χ0n) is 15.8. The average Bonchev–Trinajstić information content (AvgIpc) is 3.17. The van der Waals surface area contributed by atoms with Gasteiger partial charge in [-0.25, -0.2) is 0 Å². The Labute approximate surface area is 167 Å². The van der Waals surface area contributed by atoms with Gasteiger partial charge in [-0.2, -0.15) is 0 Å². The lowest BCUT2D eigenvalue weighted by Crippen LogP contribution is -2.31. The molecule has 0 spiro atoms. The van der Waals surface area contributed by atoms with Crippen LogP contribution in [0.4, 0.5) is 0 Å². The van der Waals surface area contributed by atoms with Crippen molar-refractivity contribution in [3.63, 3.8) is 0 Å². The standard InChI is InChI=1S/C23H19N3O3/c1-29-19-10-8-16(9-11-19)20-14-18-7-3-5-13-26(18)21(20)22(27)23(28)25-15-17-6-2-4-12-24-17/h2-14H,15H2,1H3,(H,25,28). The number of methoxy groups -OCH3 is 1. The van der Waals surface area contributed by atoms with Gasteiger partial charge in [-0.05, 0) is 48.0 Å². The van der Waals surface area contributed by atoms with Crippen LogP contribution in [0, 0.1) is 0 Å². The van der Waals surface area contributed by atoms with Crippen molar-refractivity contribution in [1.29, 1.82) is 0 Å². The van der Waals surface area contributed by atoms with E-state index in [9.17, 15) is 9.59 Å². The summed E-state index contributed by atoms with van der Waals surface area (Å²) < 4.78 is 6.95. The van der Waals surface area contributed by atoms with Crippen molar-refractivity contribution < 1.29 is 14.3 Å². The largest absolute Gasteiger partial charge is 0.497 e. The number of ether oxygens (including phenoxy) is 1. The monoisotopic (exact) mass is 385 g/mol. The summed E-state index contributed by atoms with van der Waals surface area (Å²) in [6.07, 6.45) is 3.42. The number of aromatic nitrogens is 2. The quantitative estimate of drug-likeness (QED) is 0.407. The van der Waals surface area contributed by atoms with Gasteiger partial charge in [0, 0.05) is 23.5 Å². The van der Waals surface area contributed by atoms with Crippen molar-refractivity contribution in [2.45, 2.75) is 6.54 Å². The van der Waals surface area contributed by atoms with E-state index in [1.807, 2.05) is 54.6 Å². The average molecular weight is 385 g/mol. The van der Waals surface area contributed by atoms with Crippen LogP contribution < -0.4 is 10.1 Å². The second-order valence-electron chi connectivity index (χ2n) is 6.46. The number of amides is 1. The lowest BCUT2D eigenvalue weighted by Gasteiger charge is -2.08. The van der Waals surface area contributed by atoms with Crippen molar-refractivity contribution in [2.24, 2.45) is 0 Å². The fourth-order valence-corrected chi connectivity index (χ4v) is 3.21. The molecule has 0 unspecified atom stereocenters. The van der Waals surface area contributed by atoms with Gasteiger partial charge in [0.25, 0.3) is 11.7 Å². The Morgan fingerprint density at radius 2 is 1.83 bits per heavy atom. The van der Waals surface area contributed by atoms with Crippen molar-refractivity contribution >= 4 is 17.2 Å². The van der Waals surface area contributed by atoms with E-state index in [2.05, 4.69) is 10.3 Å². The Bertz CT molecular complexity index is 1170. The molecule has 0 bridgehead atoms. The highest BCUT2D eigenvalue weighted by molar-refractivity contribution is 6.43. The van der Waals surface area contributed by atoms with Crippen LogP contribution in [-0.4, -0.2) is 28.2 Å². The Hall–Kier alpha value is -3.93. The first-order valence-electron chi connectivity index (χ1n) is 9.14. The molecule has 0 radical (unpaired) electrons. The fraction of sp³-hybridized carbons (Fsp3) is 0.0870. The minimum atomic E-state index is -0.672. The SMILES string of the molecule is COc1ccc(-c2cc3ccccn3c2C(=O)C(=O)NCc2ccccn2)cc1. The Kier molecular flexibility index (Phi) is 5.07. The highest BCUT2D eigenvalue weighted by Crippen LogP contribution is 2.29. The van der Waals surface area contributed by atoms with Gasteiger partial charge in [0.1, 0.15) is 11.4 Å². The molecule has 6 heteroatoms. The number of nitrogens with zero attached hydrogens (tertiary/aromatic N) is 2. The zero-order valence-corrected chi connectivity index (χ0v) is 15.8. The highest BCUT2D eigenvalue weighted by atomic mass is 16.5. The van der Waals surface area contributed by atoms with Gasteiger partial charge in [-0.3, -0.25) is 14.6 Å². The lowest BCUT2D eigenvalue weighted by molar-refractivity contribution is -0.117. The number of benzene rings is 1. The molecule has 3 heterocycles. The van der Waals surface area contributed by atoms with Crippen molar-refractivity contribution in [3.05, 3.63) is 90.5 Å². The first-order chi connectivity index (χ1) is 14.2. The summed E-state index contributed by atoms with van der Waals surface area (Å²) >= 11 is 0. The first kappa shape index (κ1) is 18.4. The summed E-state index contributed by atoms with van der Waals surface area (Å²) in [5.41, 5.74) is 3.36. The summed E-state index contributed by atoms with van der Waals surface area (Å²) in [5.74, 6) is -0.550. The van der Waals surface area contributed by atoms with Gasteiger partial charge < -0.3 is 14.5 Å². The van der Waals surface area contributed by atoms with Crippen LogP contribution in [-0.2, 0) is 11.3 Å². The number of nitrogens with one attached hydrogen (secondary N) is 1. The zero-order chi connectivity index (χ0) is 20.2. The van der Waals surface area contributed by atoms with Gasteiger partial charge >= 0.3 is 0 Å². The molecule has 3 aromatic heterocycles. The molecule has 0 fully saturated rings. The van der Waals surface area contributed by atoms with E-state index in [1.165, 1.54) is 0 Å². The molecule has 144 valence electrons. The van der Waals surface area contributed by atoms with Gasteiger partial charge in [-0.1, -0.05) is 24.3 Å². The van der Waals surface area contributed by atoms with E-state index in [0.29, 0.717) is 17.0 Å². The minimum Gasteiger partial charge on any atom is -0.497 e. The second kappa shape index (κ2) is 7.98. The number of hydrogen-bond donors (Lipinski definition) is 1. The molecule has 0 saturated heterocycles. The molecular weight excluding hydrogens is 366 g/mol. The van der Waals surface area contributed by atoms with E-state index in [1.54, 1.807) is 36.0 Å². The predicted octanol–water partition coefficient (Wildman–Crippen LogP) is 3.51. The molecule has 1 amide bonds. The predicted molar refractivity (Wildman–Crippen MR) is 110 cm³/mol. The number of carbonyl (C=O) groups excluding carboxylic acids is 2. The summed E-state index contributed by atoms with van der Waals surface area (Å²) in [4.78, 5) is 29.9. The summed E-state index contributed by atoms with van der Waals surface area (Å²) in [5, 5.41) is 2.66. The molecule has 1 N–H and O–H groups in total. The topological polar surface area (TPSA) is 72.7 Å². The number of pyridine rings is 2. The van der Waals surface area contributed by atoms with E-state index in [4.69, 9.17) is 4.74 Å². The Morgan fingerprint density at radius 3 is 2.55 bits per heavy atom. The third-order valence-electron chi connectivity index (χ3n) is 4.66. The Balaban J connectivity index is 1.69. The van der Waals surface area contributed by atoms with Gasteiger partial charge in [0.15, 0.2) is 0 Å². The highest BCUT2D eigenvalue weighted by Gasteiger charge is 2.24. The summed E-state index contributed by atoms with van der Waals surface area (Å²) in [7, 11) is 1.60. The molecule has 0 aliphatic rings. The van der Waals surface area contributed by atoms with Crippen LogP contribution in [0.15, 0.2) is 79.1 Å². The van der Waals surface area contributed by atoms with E-state index in [-0.39, 0.29) is 6.54 Å². The third kappa shape index (κ3) is 3.73. The van der Waals surface area contributed by atoms with Gasteiger partial charge in [0.05, 0.1) is 19.3 Å². The molecule has 4 rings (SSSR count). The molecule has 6 nitrogen and oxygen atoms in total. The number of rotatable bonds is 6. The van der Waals surface area contributed by atoms with Crippen LogP contribution in [0.1, 0.15) is 16.2 Å². The molecule has 0 aliphatic carbocycles. The van der Waals surface area contributed by atoms with Gasteiger partial charge in [-0.15, -0.1) is 0 Å². The van der Waals surface area contributed by atoms with Gasteiger partial charge in [0.2, 0.25) is 0 Å². The number of ketones is 1. The smallest absolute Gasteiger partial charge is 0.294 e. The molecule has 0 atom stereocenters. The summed E-state index contributed by atoms with van der Waals surface area (Å²) in [6, 6.07) is 20.3. The molecule has 0 aliphatic heterocycles. The second-order valence-corrected chi connectivity index (χ2v) is 6.46. The Morgan fingerprint density at radius 1 is 1.03 bits per heavy atom. The van der Waals surface area contributed by atoms with E-state index in [0.717, 1.165) is 16.8 Å². The van der Waals surface area contributed by atoms with Crippen LogP contribution in [0.25, 0.3) is 16.6 Å². The lowest BCUT2D eigenvalue weighted by atomic mass is 10.0. The number of hydrogen-bond acceptors (Lipinski definition) is 4. The van der Waals surface area contributed by atoms with Crippen LogP contribution in [0.2, 0.25) is 0 Å². The number of carbonyl (C=O) groups is 2. The van der Waals surface area contributed by atoms with Crippen LogP contribution >= 0.6 is 0 Å². The number of fused-ring (bicyclic) bond motifs is 1. The third-order valence-corrected chi connectivity index (χ3v) is 4.66. The molecule has 0 saturated carbocycles. The fourth-order valence-electron chi connectivity index (χ4n) is 3.21. The van der Waals surface area contributed by atoms with Crippen LogP contribution in [0.3, 0.4) is 0 Å². The maximum atomic E-state index is 13.1. The molecule has 29 heavy (non-hydrogen) atoms. The van der Waals surface area contributed by atoms with Crippen molar-refractivity contribution in [3.8, 4) is 16.9 Å². The maximum absolute atomic E-state index is 13.1. The molecule has 4 aromatic rings. The molecule has 1 aromatic carbocycles. The summed E-state index contributed by atoms with van der Waals surface area (Å²) in [6.45, 7) is 0.187. The maximum Gasteiger partial charge on any atom is 0.294 e. The van der Waals surface area contributed by atoms with E-state index >= 15 is 0 Å². The van der Waals surface area contributed by atoms with Crippen LogP contribution in [0.5, 0.6) is 5.75 Å². The normalized spacial score (nSPS) is 10.7. The molecular formula is C23H19N3O3. The van der Waals surface area contributed by atoms with Crippen molar-refractivity contribution in [2.75, 3.05) is 7.11 Å².